The van der Waals surface area contributed by atoms with Gasteiger partial charge in [-0.15, -0.1) is 0 Å². The minimum Gasteiger partial charge on any atom is -0.381 e. The third-order valence-corrected chi connectivity index (χ3v) is 3.96. The van der Waals surface area contributed by atoms with Crippen molar-refractivity contribution in [2.75, 3.05) is 13.2 Å². The number of ether oxygens (including phenoxy) is 1. The molecule has 18 heavy (non-hydrogen) atoms. The molecule has 0 saturated carbocycles. The molecule has 1 aromatic carbocycles. The van der Waals surface area contributed by atoms with E-state index >= 15 is 0 Å². The van der Waals surface area contributed by atoms with E-state index in [1.165, 1.54) is 22.9 Å². The highest BCUT2D eigenvalue weighted by molar-refractivity contribution is 5.82. The van der Waals surface area contributed by atoms with Crippen LogP contribution < -0.4 is 5.32 Å². The molecule has 2 atom stereocenters. The number of hydrogen-bond acceptors (Lipinski definition) is 2. The van der Waals surface area contributed by atoms with Crippen LogP contribution in [0, 0.1) is 5.92 Å². The average molecular weight is 244 g/mol. The highest BCUT2D eigenvalue weighted by Gasteiger charge is 2.21. The minimum absolute atomic E-state index is 0.512. The van der Waals surface area contributed by atoms with Crippen molar-refractivity contribution in [1.29, 1.82) is 0 Å². The van der Waals surface area contributed by atoms with Gasteiger partial charge in [0.1, 0.15) is 0 Å². The molecule has 0 aliphatic carbocycles. The fraction of sp³-hybridized carbons (Fsp3) is 0.467. The van der Waals surface area contributed by atoms with E-state index in [0.717, 1.165) is 19.8 Å². The summed E-state index contributed by atoms with van der Waals surface area (Å²) in [5.41, 5.74) is 2.59. The molecule has 2 heterocycles. The quantitative estimate of drug-likeness (QED) is 0.867. The molecular formula is C15H20N2O. The van der Waals surface area contributed by atoms with Gasteiger partial charge in [0, 0.05) is 30.9 Å². The smallest absolute Gasteiger partial charge is 0.0509 e. The van der Waals surface area contributed by atoms with Crippen LogP contribution in [0.4, 0.5) is 0 Å². The molecule has 1 aliphatic heterocycles. The average Bonchev–Trinajstić information content (AvgIpc) is 3.05. The molecule has 0 radical (unpaired) electrons. The summed E-state index contributed by atoms with van der Waals surface area (Å²) in [5.74, 6) is 0.660. The number of H-pyrrole nitrogens is 1. The Labute approximate surface area is 108 Å². The first-order valence-corrected chi connectivity index (χ1v) is 6.71. The van der Waals surface area contributed by atoms with Crippen LogP contribution in [0.1, 0.15) is 18.9 Å². The Hall–Kier alpha value is -1.32. The lowest BCUT2D eigenvalue weighted by Gasteiger charge is -2.19. The fourth-order valence-electron chi connectivity index (χ4n) is 2.68. The van der Waals surface area contributed by atoms with Gasteiger partial charge >= 0.3 is 0 Å². The normalized spacial score (nSPS) is 21.5. The molecule has 1 saturated heterocycles. The summed E-state index contributed by atoms with van der Waals surface area (Å²) in [4.78, 5) is 3.32. The SMILES string of the molecule is CC(NCc1cccc2cc[nH]c12)C1CCOC1. The number of nitrogens with one attached hydrogen (secondary N) is 2. The lowest BCUT2D eigenvalue weighted by atomic mass is 10.0. The maximum absolute atomic E-state index is 5.44. The van der Waals surface area contributed by atoms with Crippen LogP contribution in [0.25, 0.3) is 10.9 Å². The summed E-state index contributed by atoms with van der Waals surface area (Å²) >= 11 is 0. The van der Waals surface area contributed by atoms with E-state index in [-0.39, 0.29) is 0 Å². The first-order valence-electron chi connectivity index (χ1n) is 6.71. The van der Waals surface area contributed by atoms with Crippen molar-refractivity contribution in [1.82, 2.24) is 10.3 Å². The molecule has 0 amide bonds. The number of hydrogen-bond donors (Lipinski definition) is 2. The predicted octanol–water partition coefficient (Wildman–Crippen LogP) is 2.68. The van der Waals surface area contributed by atoms with Crippen molar-refractivity contribution in [3.8, 4) is 0 Å². The van der Waals surface area contributed by atoms with Gasteiger partial charge in [0.2, 0.25) is 0 Å². The lowest BCUT2D eigenvalue weighted by molar-refractivity contribution is 0.178. The predicted molar refractivity (Wildman–Crippen MR) is 73.5 cm³/mol. The number of aromatic amines is 1. The van der Waals surface area contributed by atoms with Gasteiger partial charge in [-0.2, -0.15) is 0 Å². The molecule has 3 nitrogen and oxygen atoms in total. The fourth-order valence-corrected chi connectivity index (χ4v) is 2.68. The Morgan fingerprint density at radius 1 is 1.44 bits per heavy atom. The Bertz CT molecular complexity index is 514. The Morgan fingerprint density at radius 3 is 3.22 bits per heavy atom. The van der Waals surface area contributed by atoms with Gasteiger partial charge in [-0.25, -0.2) is 0 Å². The highest BCUT2D eigenvalue weighted by atomic mass is 16.5. The molecule has 1 fully saturated rings. The third kappa shape index (κ3) is 2.28. The Kier molecular flexibility index (Phi) is 3.35. The maximum atomic E-state index is 5.44. The second-order valence-electron chi connectivity index (χ2n) is 5.15. The second kappa shape index (κ2) is 5.12. The van der Waals surface area contributed by atoms with E-state index in [1.807, 2.05) is 6.20 Å². The molecule has 1 aliphatic rings. The van der Waals surface area contributed by atoms with Crippen molar-refractivity contribution in [2.24, 2.45) is 5.92 Å². The van der Waals surface area contributed by atoms with Crippen molar-refractivity contribution < 1.29 is 4.74 Å². The second-order valence-corrected chi connectivity index (χ2v) is 5.15. The molecular weight excluding hydrogens is 224 g/mol. The summed E-state index contributed by atoms with van der Waals surface area (Å²) in [6, 6.07) is 9.08. The van der Waals surface area contributed by atoms with Crippen molar-refractivity contribution in [3.63, 3.8) is 0 Å². The van der Waals surface area contributed by atoms with E-state index in [4.69, 9.17) is 4.74 Å². The molecule has 96 valence electrons. The highest BCUT2D eigenvalue weighted by Crippen LogP contribution is 2.19. The topological polar surface area (TPSA) is 37.0 Å². The Balaban J connectivity index is 1.67. The number of aromatic nitrogens is 1. The van der Waals surface area contributed by atoms with Crippen LogP contribution in [-0.4, -0.2) is 24.2 Å². The van der Waals surface area contributed by atoms with Gasteiger partial charge < -0.3 is 15.0 Å². The van der Waals surface area contributed by atoms with Gasteiger partial charge in [0.15, 0.2) is 0 Å². The zero-order chi connectivity index (χ0) is 12.4. The number of para-hydroxylation sites is 1. The zero-order valence-electron chi connectivity index (χ0n) is 10.8. The summed E-state index contributed by atoms with van der Waals surface area (Å²) in [6.45, 7) is 4.99. The molecule has 2 unspecified atom stereocenters. The van der Waals surface area contributed by atoms with E-state index in [0.29, 0.717) is 12.0 Å². The molecule has 3 rings (SSSR count). The van der Waals surface area contributed by atoms with Crippen LogP contribution in [-0.2, 0) is 11.3 Å². The summed E-state index contributed by atoms with van der Waals surface area (Å²) < 4.78 is 5.44. The summed E-state index contributed by atoms with van der Waals surface area (Å²) in [5, 5.41) is 4.91. The molecule has 2 N–H and O–H groups in total. The number of benzene rings is 1. The molecule has 2 aromatic rings. The van der Waals surface area contributed by atoms with Gasteiger partial charge in [0.25, 0.3) is 0 Å². The van der Waals surface area contributed by atoms with Crippen molar-refractivity contribution in [2.45, 2.75) is 25.9 Å². The van der Waals surface area contributed by atoms with Gasteiger partial charge in [-0.1, -0.05) is 18.2 Å². The minimum atomic E-state index is 0.512. The van der Waals surface area contributed by atoms with Gasteiger partial charge in [-0.3, -0.25) is 0 Å². The summed E-state index contributed by atoms with van der Waals surface area (Å²) in [6.07, 6.45) is 3.18. The largest absolute Gasteiger partial charge is 0.381 e. The van der Waals surface area contributed by atoms with Crippen LogP contribution >= 0.6 is 0 Å². The molecule has 0 spiro atoms. The number of rotatable bonds is 4. The third-order valence-electron chi connectivity index (χ3n) is 3.96. The van der Waals surface area contributed by atoms with Crippen molar-refractivity contribution in [3.05, 3.63) is 36.0 Å². The zero-order valence-corrected chi connectivity index (χ0v) is 10.8. The Morgan fingerprint density at radius 2 is 2.39 bits per heavy atom. The molecule has 1 aromatic heterocycles. The molecule has 0 bridgehead atoms. The first kappa shape index (κ1) is 11.8. The standard InChI is InChI=1S/C15H20N2O/c1-11(14-6-8-18-10-14)17-9-13-4-2-3-12-5-7-16-15(12)13/h2-5,7,11,14,16-17H,6,8-10H2,1H3. The maximum Gasteiger partial charge on any atom is 0.0509 e. The lowest BCUT2D eigenvalue weighted by Crippen LogP contribution is -2.33. The molecule has 3 heteroatoms. The van der Waals surface area contributed by atoms with E-state index in [2.05, 4.69) is 41.5 Å². The number of fused-ring (bicyclic) bond motifs is 1. The van der Waals surface area contributed by atoms with Crippen LogP contribution in [0.5, 0.6) is 0 Å². The van der Waals surface area contributed by atoms with E-state index in [1.54, 1.807) is 0 Å². The first-order chi connectivity index (χ1) is 8.84. The van der Waals surface area contributed by atoms with Gasteiger partial charge in [-0.05, 0) is 36.3 Å². The van der Waals surface area contributed by atoms with Crippen LogP contribution in [0.3, 0.4) is 0 Å². The van der Waals surface area contributed by atoms with Crippen LogP contribution in [0.15, 0.2) is 30.5 Å². The van der Waals surface area contributed by atoms with Gasteiger partial charge in [0.05, 0.1) is 6.61 Å². The van der Waals surface area contributed by atoms with E-state index in [9.17, 15) is 0 Å². The monoisotopic (exact) mass is 244 g/mol. The van der Waals surface area contributed by atoms with Crippen LogP contribution in [0.2, 0.25) is 0 Å². The van der Waals surface area contributed by atoms with E-state index < -0.39 is 0 Å². The van der Waals surface area contributed by atoms with Crippen molar-refractivity contribution >= 4 is 10.9 Å². The summed E-state index contributed by atoms with van der Waals surface area (Å²) in [7, 11) is 0.